The van der Waals surface area contributed by atoms with Gasteiger partial charge in [0.1, 0.15) is 5.75 Å². The van der Waals surface area contributed by atoms with Crippen LogP contribution in [0.4, 0.5) is 0 Å². The van der Waals surface area contributed by atoms with Crippen molar-refractivity contribution in [3.8, 4) is 5.75 Å². The molecule has 0 aromatic heterocycles. The van der Waals surface area contributed by atoms with E-state index in [1.54, 1.807) is 31.2 Å². The van der Waals surface area contributed by atoms with Gasteiger partial charge in [-0.15, -0.1) is 0 Å². The van der Waals surface area contributed by atoms with Crippen molar-refractivity contribution in [2.45, 2.75) is 52.2 Å². The molecule has 2 N–H and O–H groups in total. The highest BCUT2D eigenvalue weighted by Crippen LogP contribution is 2.15. The first-order valence-electron chi connectivity index (χ1n) is 7.20. The maximum atomic E-state index is 12.0. The van der Waals surface area contributed by atoms with Crippen molar-refractivity contribution in [1.29, 1.82) is 0 Å². The predicted molar refractivity (Wildman–Crippen MR) is 80.4 cm³/mol. The van der Waals surface area contributed by atoms with E-state index >= 15 is 0 Å². The summed E-state index contributed by atoms with van der Waals surface area (Å²) in [5.41, 5.74) is 0.645. The van der Waals surface area contributed by atoms with Gasteiger partial charge in [0.2, 0.25) is 0 Å². The Balaban J connectivity index is 2.59. The highest BCUT2D eigenvalue weighted by Gasteiger charge is 2.16. The van der Waals surface area contributed by atoms with Gasteiger partial charge in [-0.3, -0.25) is 9.59 Å². The Morgan fingerprint density at radius 1 is 1.33 bits per heavy atom. The van der Waals surface area contributed by atoms with Crippen LogP contribution < -0.4 is 10.1 Å². The zero-order valence-electron chi connectivity index (χ0n) is 12.8. The van der Waals surface area contributed by atoms with Gasteiger partial charge in [0.05, 0.1) is 6.42 Å². The smallest absolute Gasteiger partial charge is 0.307 e. The number of carbonyl (C=O) groups excluding carboxylic acids is 1. The first-order valence-corrected chi connectivity index (χ1v) is 7.20. The summed E-state index contributed by atoms with van der Waals surface area (Å²) in [5.74, 6) is -0.564. The number of nitrogens with one attached hydrogen (secondary N) is 1. The van der Waals surface area contributed by atoms with Crippen LogP contribution in [-0.2, 0) is 16.0 Å². The third-order valence-electron chi connectivity index (χ3n) is 3.05. The summed E-state index contributed by atoms with van der Waals surface area (Å²) in [6, 6.07) is 6.91. The van der Waals surface area contributed by atoms with Crippen molar-refractivity contribution in [2.24, 2.45) is 0 Å². The van der Waals surface area contributed by atoms with Gasteiger partial charge in [-0.1, -0.05) is 25.5 Å². The Labute approximate surface area is 125 Å². The first kappa shape index (κ1) is 17.0. The molecule has 0 saturated carbocycles. The van der Waals surface area contributed by atoms with Gasteiger partial charge in [-0.2, -0.15) is 0 Å². The highest BCUT2D eigenvalue weighted by molar-refractivity contribution is 5.81. The van der Waals surface area contributed by atoms with Crippen LogP contribution in [0.5, 0.6) is 5.75 Å². The molecule has 5 heteroatoms. The van der Waals surface area contributed by atoms with Crippen LogP contribution in [0.2, 0.25) is 0 Å². The zero-order valence-corrected chi connectivity index (χ0v) is 12.8. The predicted octanol–water partition coefficient (Wildman–Crippen LogP) is 2.39. The molecule has 0 saturated heterocycles. The number of hydrogen-bond donors (Lipinski definition) is 2. The Morgan fingerprint density at radius 3 is 2.67 bits per heavy atom. The van der Waals surface area contributed by atoms with Gasteiger partial charge < -0.3 is 15.2 Å². The molecule has 0 aliphatic heterocycles. The number of hydrogen-bond acceptors (Lipinski definition) is 3. The van der Waals surface area contributed by atoms with Gasteiger partial charge in [-0.05, 0) is 38.0 Å². The van der Waals surface area contributed by atoms with Gasteiger partial charge in [-0.25, -0.2) is 0 Å². The normalized spacial score (nSPS) is 13.3. The minimum Gasteiger partial charge on any atom is -0.481 e. The maximum absolute atomic E-state index is 12.0. The van der Waals surface area contributed by atoms with E-state index in [-0.39, 0.29) is 18.4 Å². The zero-order chi connectivity index (χ0) is 15.8. The number of carboxylic acids is 1. The van der Waals surface area contributed by atoms with E-state index in [9.17, 15) is 9.59 Å². The van der Waals surface area contributed by atoms with Crippen molar-refractivity contribution < 1.29 is 19.4 Å². The Hall–Kier alpha value is -2.04. The summed E-state index contributed by atoms with van der Waals surface area (Å²) in [5, 5.41) is 11.7. The largest absolute Gasteiger partial charge is 0.481 e. The minimum absolute atomic E-state index is 0.0642. The first-order chi connectivity index (χ1) is 9.92. The molecule has 21 heavy (non-hydrogen) atoms. The molecule has 1 amide bonds. The molecule has 0 fully saturated rings. The fourth-order valence-electron chi connectivity index (χ4n) is 2.03. The van der Waals surface area contributed by atoms with E-state index < -0.39 is 12.1 Å². The summed E-state index contributed by atoms with van der Waals surface area (Å²) in [7, 11) is 0. The average Bonchev–Trinajstić information content (AvgIpc) is 2.38. The molecule has 0 radical (unpaired) electrons. The Bertz CT molecular complexity index is 487. The molecule has 1 aromatic rings. The fourth-order valence-corrected chi connectivity index (χ4v) is 2.03. The standard InChI is InChI=1S/C16H23NO4/c1-4-6-11(2)17-16(20)12(3)21-14-8-5-7-13(9-14)10-15(18)19/h5,7-9,11-12H,4,6,10H2,1-3H3,(H,17,20)(H,18,19). The molecule has 0 aliphatic carbocycles. The SMILES string of the molecule is CCCC(C)NC(=O)C(C)Oc1cccc(CC(=O)O)c1. The number of aliphatic carboxylic acids is 1. The molecule has 5 nitrogen and oxygen atoms in total. The molecule has 116 valence electrons. The van der Waals surface area contributed by atoms with Crippen LogP contribution >= 0.6 is 0 Å². The third-order valence-corrected chi connectivity index (χ3v) is 3.05. The van der Waals surface area contributed by atoms with Crippen molar-refractivity contribution in [3.63, 3.8) is 0 Å². The van der Waals surface area contributed by atoms with E-state index in [0.29, 0.717) is 11.3 Å². The summed E-state index contributed by atoms with van der Waals surface area (Å²) < 4.78 is 5.57. The van der Waals surface area contributed by atoms with Crippen molar-refractivity contribution >= 4 is 11.9 Å². The molecular formula is C16H23NO4. The van der Waals surface area contributed by atoms with Crippen LogP contribution in [0.1, 0.15) is 39.2 Å². The summed E-state index contributed by atoms with van der Waals surface area (Å²) in [4.78, 5) is 22.7. The lowest BCUT2D eigenvalue weighted by atomic mass is 10.1. The number of ether oxygens (including phenoxy) is 1. The van der Waals surface area contributed by atoms with Crippen molar-refractivity contribution in [1.82, 2.24) is 5.32 Å². The molecule has 2 unspecified atom stereocenters. The monoisotopic (exact) mass is 293 g/mol. The lowest BCUT2D eigenvalue weighted by molar-refractivity contribution is -0.136. The molecule has 0 heterocycles. The van der Waals surface area contributed by atoms with Crippen LogP contribution in [0.3, 0.4) is 0 Å². The van der Waals surface area contributed by atoms with Crippen LogP contribution in [0, 0.1) is 0 Å². The molecule has 0 aliphatic rings. The second kappa shape index (κ2) is 8.29. The lowest BCUT2D eigenvalue weighted by Crippen LogP contribution is -2.41. The summed E-state index contributed by atoms with van der Waals surface area (Å²) in [6.45, 7) is 5.70. The van der Waals surface area contributed by atoms with E-state index in [0.717, 1.165) is 12.8 Å². The van der Waals surface area contributed by atoms with E-state index in [2.05, 4.69) is 12.2 Å². The Morgan fingerprint density at radius 2 is 2.05 bits per heavy atom. The van der Waals surface area contributed by atoms with Gasteiger partial charge in [0, 0.05) is 6.04 Å². The Kier molecular flexibility index (Phi) is 6.72. The number of amides is 1. The van der Waals surface area contributed by atoms with Crippen LogP contribution in [0.25, 0.3) is 0 Å². The van der Waals surface area contributed by atoms with Crippen molar-refractivity contribution in [3.05, 3.63) is 29.8 Å². The molecule has 0 spiro atoms. The molecule has 0 bridgehead atoms. The summed E-state index contributed by atoms with van der Waals surface area (Å²) in [6.07, 6.45) is 1.25. The number of benzene rings is 1. The number of rotatable bonds is 8. The topological polar surface area (TPSA) is 75.6 Å². The van der Waals surface area contributed by atoms with Gasteiger partial charge in [0.25, 0.3) is 5.91 Å². The second-order valence-electron chi connectivity index (χ2n) is 5.18. The van der Waals surface area contributed by atoms with E-state index in [1.807, 2.05) is 6.92 Å². The lowest BCUT2D eigenvalue weighted by Gasteiger charge is -2.18. The van der Waals surface area contributed by atoms with Gasteiger partial charge in [0.15, 0.2) is 6.10 Å². The third kappa shape index (κ3) is 6.29. The second-order valence-corrected chi connectivity index (χ2v) is 5.18. The van der Waals surface area contributed by atoms with Crippen LogP contribution in [-0.4, -0.2) is 29.1 Å². The fraction of sp³-hybridized carbons (Fsp3) is 0.500. The van der Waals surface area contributed by atoms with E-state index in [4.69, 9.17) is 9.84 Å². The number of carbonyl (C=O) groups is 2. The molecule has 2 atom stereocenters. The van der Waals surface area contributed by atoms with Crippen LogP contribution in [0.15, 0.2) is 24.3 Å². The van der Waals surface area contributed by atoms with Gasteiger partial charge >= 0.3 is 5.97 Å². The molecule has 1 aromatic carbocycles. The van der Waals surface area contributed by atoms with E-state index in [1.165, 1.54) is 0 Å². The highest BCUT2D eigenvalue weighted by atomic mass is 16.5. The number of carboxylic acid groups (broad SMARTS) is 1. The maximum Gasteiger partial charge on any atom is 0.307 e. The minimum atomic E-state index is -0.897. The molecular weight excluding hydrogens is 270 g/mol. The summed E-state index contributed by atoms with van der Waals surface area (Å²) >= 11 is 0. The molecule has 1 rings (SSSR count). The van der Waals surface area contributed by atoms with Crippen molar-refractivity contribution in [2.75, 3.05) is 0 Å². The average molecular weight is 293 g/mol. The quantitative estimate of drug-likeness (QED) is 0.771.